The Morgan fingerprint density at radius 3 is 1.75 bits per heavy atom. The summed E-state index contributed by atoms with van der Waals surface area (Å²) in [7, 11) is 0. The molecule has 5 N–H and O–H groups in total. The van der Waals surface area contributed by atoms with Crippen LogP contribution in [-0.2, 0) is 19.1 Å². The molecule has 2 unspecified atom stereocenters. The Bertz CT molecular complexity index is 294. The lowest BCUT2D eigenvalue weighted by atomic mass is 10.1. The smallest absolute Gasteiger partial charge is 0.349 e. The number of carboxylic acids is 1. The first-order valence-corrected chi connectivity index (χ1v) is 4.21. The van der Waals surface area contributed by atoms with E-state index in [0.717, 1.165) is 6.92 Å². The predicted octanol–water partition coefficient (Wildman–Crippen LogP) is -0.710. The molecule has 0 rings (SSSR count). The fourth-order valence-corrected chi connectivity index (χ4v) is 0.926. The van der Waals surface area contributed by atoms with Crippen molar-refractivity contribution in [2.24, 2.45) is 11.5 Å². The van der Waals surface area contributed by atoms with E-state index in [1.54, 1.807) is 0 Å². The van der Waals surface area contributed by atoms with Gasteiger partial charge in [-0.3, -0.25) is 4.79 Å². The zero-order chi connectivity index (χ0) is 12.9. The molecule has 0 aromatic heterocycles. The SMILES string of the molecule is C=C(N)OC(C(C)=O)C(OC(=C)N)C(=O)O. The number of ether oxygens (including phenoxy) is 2. The second kappa shape index (κ2) is 5.64. The van der Waals surface area contributed by atoms with E-state index in [1.807, 2.05) is 0 Å². The Morgan fingerprint density at radius 1 is 1.12 bits per heavy atom. The van der Waals surface area contributed by atoms with E-state index in [0.29, 0.717) is 0 Å². The molecule has 0 heterocycles. The van der Waals surface area contributed by atoms with Crippen LogP contribution in [0.5, 0.6) is 0 Å². The topological polar surface area (TPSA) is 125 Å². The molecule has 0 fully saturated rings. The van der Waals surface area contributed by atoms with Crippen molar-refractivity contribution < 1.29 is 24.2 Å². The Balaban J connectivity index is 4.93. The number of carbonyl (C=O) groups is 2. The third-order valence-electron chi connectivity index (χ3n) is 1.48. The maximum atomic E-state index is 11.2. The molecular weight excluding hydrogens is 216 g/mol. The number of ketones is 1. The van der Waals surface area contributed by atoms with Gasteiger partial charge in [0.2, 0.25) is 12.2 Å². The maximum Gasteiger partial charge on any atom is 0.349 e. The Labute approximate surface area is 92.3 Å². The van der Waals surface area contributed by atoms with Crippen LogP contribution in [0.25, 0.3) is 0 Å². The quantitative estimate of drug-likeness (QED) is 0.493. The minimum atomic E-state index is -1.62. The summed E-state index contributed by atoms with van der Waals surface area (Å²) in [6, 6.07) is 0. The first-order valence-electron chi connectivity index (χ1n) is 4.21. The molecule has 7 heteroatoms. The van der Waals surface area contributed by atoms with Crippen molar-refractivity contribution in [2.75, 3.05) is 0 Å². The molecule has 0 aromatic rings. The molecule has 0 saturated carbocycles. The zero-order valence-electron chi connectivity index (χ0n) is 8.80. The fourth-order valence-electron chi connectivity index (χ4n) is 0.926. The number of nitrogens with two attached hydrogens (primary N) is 2. The molecule has 90 valence electrons. The third-order valence-corrected chi connectivity index (χ3v) is 1.48. The largest absolute Gasteiger partial charge is 0.478 e. The first kappa shape index (κ1) is 13.8. The molecule has 7 nitrogen and oxygen atoms in total. The van der Waals surface area contributed by atoms with E-state index in [-0.39, 0.29) is 11.8 Å². The van der Waals surface area contributed by atoms with Gasteiger partial charge < -0.3 is 26.0 Å². The predicted molar refractivity (Wildman–Crippen MR) is 54.7 cm³/mol. The molecule has 0 bridgehead atoms. The van der Waals surface area contributed by atoms with E-state index in [4.69, 9.17) is 21.3 Å². The zero-order valence-corrected chi connectivity index (χ0v) is 8.80. The van der Waals surface area contributed by atoms with Gasteiger partial charge in [0, 0.05) is 0 Å². The lowest BCUT2D eigenvalue weighted by molar-refractivity contribution is -0.160. The number of carbonyl (C=O) groups excluding carboxylic acids is 1. The average molecular weight is 230 g/mol. The monoisotopic (exact) mass is 230 g/mol. The van der Waals surface area contributed by atoms with Gasteiger partial charge in [-0.15, -0.1) is 0 Å². The fraction of sp³-hybridized carbons (Fsp3) is 0.333. The molecule has 2 atom stereocenters. The highest BCUT2D eigenvalue weighted by atomic mass is 16.6. The van der Waals surface area contributed by atoms with Gasteiger partial charge in [0.1, 0.15) is 0 Å². The molecule has 0 aliphatic carbocycles. The normalized spacial score (nSPS) is 13.3. The number of hydrogen-bond acceptors (Lipinski definition) is 6. The highest BCUT2D eigenvalue weighted by molar-refractivity contribution is 5.88. The van der Waals surface area contributed by atoms with Crippen molar-refractivity contribution in [3.05, 3.63) is 24.9 Å². The standard InChI is InChI=1S/C9H14N2O5/c1-4(12)7(15-5(2)10)8(9(13)14)16-6(3)11/h7-8H,2-3,10-11H2,1H3,(H,13,14). The van der Waals surface area contributed by atoms with Crippen LogP contribution in [0.4, 0.5) is 0 Å². The number of Topliss-reactive ketones (excluding diaryl/α,β-unsaturated/α-hetero) is 1. The summed E-state index contributed by atoms with van der Waals surface area (Å²) in [5, 5.41) is 8.83. The number of hydrogen-bond donors (Lipinski definition) is 3. The van der Waals surface area contributed by atoms with Crippen molar-refractivity contribution in [2.45, 2.75) is 19.1 Å². The Hall–Kier alpha value is -2.18. The summed E-state index contributed by atoms with van der Waals surface area (Å²) in [6.07, 6.45) is -3.04. The van der Waals surface area contributed by atoms with Gasteiger partial charge in [0.25, 0.3) is 0 Å². The summed E-state index contributed by atoms with van der Waals surface area (Å²) >= 11 is 0. The molecule has 0 aliphatic heterocycles. The molecule has 16 heavy (non-hydrogen) atoms. The highest BCUT2D eigenvalue weighted by Gasteiger charge is 2.35. The van der Waals surface area contributed by atoms with E-state index in [2.05, 4.69) is 17.9 Å². The Kier molecular flexibility index (Phi) is 4.87. The van der Waals surface area contributed by atoms with Gasteiger partial charge in [-0.05, 0) is 20.1 Å². The van der Waals surface area contributed by atoms with Gasteiger partial charge in [-0.25, -0.2) is 4.79 Å². The third kappa shape index (κ3) is 4.36. The summed E-state index contributed by atoms with van der Waals surface area (Å²) in [4.78, 5) is 22.0. The van der Waals surface area contributed by atoms with Crippen LogP contribution < -0.4 is 11.5 Å². The van der Waals surface area contributed by atoms with Crippen LogP contribution >= 0.6 is 0 Å². The van der Waals surface area contributed by atoms with Crippen molar-refractivity contribution >= 4 is 11.8 Å². The first-order chi connectivity index (χ1) is 7.25. The molecule has 0 amide bonds. The van der Waals surface area contributed by atoms with Crippen molar-refractivity contribution in [3.63, 3.8) is 0 Å². The van der Waals surface area contributed by atoms with E-state index in [9.17, 15) is 9.59 Å². The summed E-state index contributed by atoms with van der Waals surface area (Å²) in [6.45, 7) is 7.50. The summed E-state index contributed by atoms with van der Waals surface area (Å²) in [5.41, 5.74) is 10.2. The van der Waals surface area contributed by atoms with Gasteiger partial charge in [0.15, 0.2) is 17.5 Å². The average Bonchev–Trinajstić information content (AvgIpc) is 2.09. The minimum Gasteiger partial charge on any atom is -0.478 e. The summed E-state index contributed by atoms with van der Waals surface area (Å²) in [5.74, 6) is -2.64. The lowest BCUT2D eigenvalue weighted by Crippen LogP contribution is -2.43. The molecule has 0 aliphatic rings. The molecule has 0 radical (unpaired) electrons. The minimum absolute atomic E-state index is 0.294. The van der Waals surface area contributed by atoms with Crippen LogP contribution in [0.2, 0.25) is 0 Å². The summed E-state index contributed by atoms with van der Waals surface area (Å²) < 4.78 is 9.44. The van der Waals surface area contributed by atoms with Crippen molar-refractivity contribution in [1.82, 2.24) is 0 Å². The van der Waals surface area contributed by atoms with Crippen LogP contribution in [0.15, 0.2) is 24.9 Å². The van der Waals surface area contributed by atoms with Crippen LogP contribution in [0.1, 0.15) is 6.92 Å². The second-order valence-corrected chi connectivity index (χ2v) is 2.96. The van der Waals surface area contributed by atoms with E-state index in [1.165, 1.54) is 0 Å². The maximum absolute atomic E-state index is 11.2. The van der Waals surface area contributed by atoms with Gasteiger partial charge in [0.05, 0.1) is 0 Å². The van der Waals surface area contributed by atoms with Crippen LogP contribution in [-0.4, -0.2) is 29.1 Å². The lowest BCUT2D eigenvalue weighted by Gasteiger charge is -2.22. The van der Waals surface area contributed by atoms with Crippen LogP contribution in [0.3, 0.4) is 0 Å². The van der Waals surface area contributed by atoms with Gasteiger partial charge in [-0.2, -0.15) is 0 Å². The molecular formula is C9H14N2O5. The Morgan fingerprint density at radius 2 is 1.50 bits per heavy atom. The van der Waals surface area contributed by atoms with Gasteiger partial charge in [-0.1, -0.05) is 0 Å². The molecule has 0 spiro atoms. The van der Waals surface area contributed by atoms with Crippen molar-refractivity contribution in [3.8, 4) is 0 Å². The van der Waals surface area contributed by atoms with E-state index < -0.39 is 24.0 Å². The highest BCUT2D eigenvalue weighted by Crippen LogP contribution is 2.10. The molecule has 0 saturated heterocycles. The van der Waals surface area contributed by atoms with Gasteiger partial charge >= 0.3 is 5.97 Å². The number of aliphatic carboxylic acids is 1. The number of carboxylic acid groups (broad SMARTS) is 1. The second-order valence-electron chi connectivity index (χ2n) is 2.96. The van der Waals surface area contributed by atoms with E-state index >= 15 is 0 Å². The van der Waals surface area contributed by atoms with Crippen LogP contribution in [0, 0.1) is 0 Å². The molecule has 0 aromatic carbocycles. The van der Waals surface area contributed by atoms with Crippen molar-refractivity contribution in [1.29, 1.82) is 0 Å². The number of rotatable bonds is 7.